The van der Waals surface area contributed by atoms with Crippen LogP contribution in [-0.4, -0.2) is 177 Å². The molecule has 0 spiro atoms. The summed E-state index contributed by atoms with van der Waals surface area (Å²) in [5, 5.41) is 0. The summed E-state index contributed by atoms with van der Waals surface area (Å²) in [6.45, 7) is 42.4. The Hall–Kier alpha value is -1.96. The number of nitrogens with zero attached hydrogens (tertiary/aromatic N) is 6. The Morgan fingerprint density at radius 1 is 0.464 bits per heavy atom. The number of hydrogen-bond acceptors (Lipinski definition) is 10. The number of rotatable bonds is 20. The molecule has 0 aromatic heterocycles. The molecule has 328 valence electrons. The van der Waals surface area contributed by atoms with Crippen LogP contribution in [0.5, 0.6) is 0 Å². The molecule has 2 amide bonds. The van der Waals surface area contributed by atoms with Gasteiger partial charge in [-0.15, -0.1) is 0 Å². The second-order valence-corrected chi connectivity index (χ2v) is 18.6. The van der Waals surface area contributed by atoms with Crippen molar-refractivity contribution in [3.8, 4) is 0 Å². The van der Waals surface area contributed by atoms with E-state index in [0.717, 1.165) is 91.2 Å². The topological polar surface area (TPSA) is 106 Å². The monoisotopic (exact) mass is 795 g/mol. The first-order valence-corrected chi connectivity index (χ1v) is 22.0. The maximum Gasteiger partial charge on any atom is 0.230 e. The van der Waals surface area contributed by atoms with Gasteiger partial charge in [-0.05, 0) is 43.4 Å². The molecule has 12 heteroatoms. The standard InChI is InChI=1S/C17H32N2O3.C15H28N2O2.C12H26N2O/c1-14(2)12-18-6-8-19(9-7-18)17(21)11-16(20)5-10-22-13-15(3)4;1-12(2)9-14(18)10-15(19)17-7-5-16(6-8-17)11-13(3)4;1-11(2)9-13-5-7-14(8-6-13)10-15-12(3)4/h14-15H,5-13H2,1-4H3;12-13H,5-11H2,1-4H3;11-12H,5-10H2,1-4H3. The van der Waals surface area contributed by atoms with Crippen molar-refractivity contribution in [1.29, 1.82) is 0 Å². The van der Waals surface area contributed by atoms with Gasteiger partial charge in [-0.2, -0.15) is 0 Å². The molecule has 3 aliphatic rings. The molecule has 12 nitrogen and oxygen atoms in total. The van der Waals surface area contributed by atoms with Gasteiger partial charge in [-0.25, -0.2) is 0 Å². The molecule has 3 fully saturated rings. The number of Topliss-reactive ketones (excluding diaryl/α,β-unsaturated/α-hetero) is 2. The lowest BCUT2D eigenvalue weighted by molar-refractivity contribution is -0.138. The van der Waals surface area contributed by atoms with Crippen LogP contribution in [0, 0.1) is 29.6 Å². The van der Waals surface area contributed by atoms with Gasteiger partial charge in [0, 0.05) is 118 Å². The van der Waals surface area contributed by atoms with Crippen LogP contribution >= 0.6 is 0 Å². The summed E-state index contributed by atoms with van der Waals surface area (Å²) in [6, 6.07) is 0. The Balaban J connectivity index is 0.000000427. The first-order chi connectivity index (χ1) is 26.3. The van der Waals surface area contributed by atoms with Crippen LogP contribution in [0.1, 0.15) is 109 Å². The van der Waals surface area contributed by atoms with Crippen molar-refractivity contribution in [3.63, 3.8) is 0 Å². The molecule has 0 aliphatic carbocycles. The van der Waals surface area contributed by atoms with Crippen LogP contribution in [-0.2, 0) is 28.7 Å². The third kappa shape index (κ3) is 26.1. The van der Waals surface area contributed by atoms with Crippen LogP contribution in [0.4, 0.5) is 0 Å². The molecule has 3 heterocycles. The fourth-order valence-electron chi connectivity index (χ4n) is 6.95. The molecular weight excluding hydrogens is 709 g/mol. The summed E-state index contributed by atoms with van der Waals surface area (Å²) >= 11 is 0. The van der Waals surface area contributed by atoms with Crippen LogP contribution in [0.25, 0.3) is 0 Å². The van der Waals surface area contributed by atoms with Crippen molar-refractivity contribution >= 4 is 23.4 Å². The van der Waals surface area contributed by atoms with Crippen molar-refractivity contribution in [3.05, 3.63) is 0 Å². The Morgan fingerprint density at radius 3 is 1.20 bits per heavy atom. The molecule has 0 atom stereocenters. The van der Waals surface area contributed by atoms with Crippen molar-refractivity contribution in [1.82, 2.24) is 29.4 Å². The fraction of sp³-hybridized carbons (Fsp3) is 0.909. The number of piperazine rings is 3. The highest BCUT2D eigenvalue weighted by molar-refractivity contribution is 5.98. The smallest absolute Gasteiger partial charge is 0.230 e. The van der Waals surface area contributed by atoms with Crippen molar-refractivity contribution in [2.75, 3.05) is 118 Å². The van der Waals surface area contributed by atoms with Crippen LogP contribution in [0.2, 0.25) is 0 Å². The molecule has 0 aromatic carbocycles. The largest absolute Gasteiger partial charge is 0.381 e. The minimum atomic E-state index is -0.0296. The third-order valence-electron chi connectivity index (χ3n) is 9.68. The third-order valence-corrected chi connectivity index (χ3v) is 9.68. The van der Waals surface area contributed by atoms with Crippen molar-refractivity contribution in [2.24, 2.45) is 29.6 Å². The first-order valence-electron chi connectivity index (χ1n) is 22.0. The molecule has 3 aliphatic heterocycles. The molecule has 0 unspecified atom stereocenters. The van der Waals surface area contributed by atoms with E-state index in [1.54, 1.807) is 0 Å². The van der Waals surface area contributed by atoms with Gasteiger partial charge in [0.25, 0.3) is 0 Å². The molecule has 56 heavy (non-hydrogen) atoms. The Labute approximate surface area is 343 Å². The van der Waals surface area contributed by atoms with E-state index in [4.69, 9.17) is 9.47 Å². The summed E-state index contributed by atoms with van der Waals surface area (Å²) < 4.78 is 11.0. The Morgan fingerprint density at radius 2 is 0.839 bits per heavy atom. The lowest BCUT2D eigenvalue weighted by Gasteiger charge is -2.35. The lowest BCUT2D eigenvalue weighted by atomic mass is 10.0. The van der Waals surface area contributed by atoms with Crippen molar-refractivity contribution in [2.45, 2.75) is 115 Å². The van der Waals surface area contributed by atoms with Gasteiger partial charge >= 0.3 is 0 Å². The van der Waals surface area contributed by atoms with Crippen LogP contribution in [0.3, 0.4) is 0 Å². The Bertz CT molecular complexity index is 1080. The van der Waals surface area contributed by atoms with E-state index in [1.165, 1.54) is 19.6 Å². The quantitative estimate of drug-likeness (QED) is 0.120. The predicted molar refractivity (Wildman–Crippen MR) is 229 cm³/mol. The molecule has 3 rings (SSSR count). The van der Waals surface area contributed by atoms with Crippen LogP contribution < -0.4 is 0 Å². The number of ketones is 2. The van der Waals surface area contributed by atoms with E-state index in [2.05, 4.69) is 88.8 Å². The van der Waals surface area contributed by atoms with Gasteiger partial charge in [0.05, 0.1) is 32.3 Å². The highest BCUT2D eigenvalue weighted by atomic mass is 16.5. The number of amides is 2. The average Bonchev–Trinajstić information content (AvgIpc) is 3.10. The number of hydrogen-bond donors (Lipinski definition) is 0. The summed E-state index contributed by atoms with van der Waals surface area (Å²) in [5.74, 6) is 2.94. The van der Waals surface area contributed by atoms with E-state index in [-0.39, 0.29) is 36.2 Å². The van der Waals surface area contributed by atoms with E-state index in [0.29, 0.717) is 55.8 Å². The molecular formula is C44H86N6O6. The zero-order chi connectivity index (χ0) is 42.2. The summed E-state index contributed by atoms with van der Waals surface area (Å²) in [5.41, 5.74) is 0. The Kier molecular flexibility index (Phi) is 27.2. The molecule has 3 saturated heterocycles. The fourth-order valence-corrected chi connectivity index (χ4v) is 6.95. The van der Waals surface area contributed by atoms with E-state index in [9.17, 15) is 19.2 Å². The normalized spacial score (nSPS) is 17.8. The second kappa shape index (κ2) is 29.3. The minimum Gasteiger partial charge on any atom is -0.381 e. The number of carbonyl (C=O) groups is 4. The van der Waals surface area contributed by atoms with Gasteiger partial charge < -0.3 is 24.2 Å². The number of carbonyl (C=O) groups excluding carboxylic acids is 4. The average molecular weight is 795 g/mol. The highest BCUT2D eigenvalue weighted by Gasteiger charge is 2.24. The maximum atomic E-state index is 12.1. The van der Waals surface area contributed by atoms with E-state index < -0.39 is 0 Å². The van der Waals surface area contributed by atoms with Crippen molar-refractivity contribution < 1.29 is 28.7 Å². The summed E-state index contributed by atoms with van der Waals surface area (Å²) in [4.78, 5) is 61.0. The molecule has 0 aromatic rings. The lowest BCUT2D eigenvalue weighted by Crippen LogP contribution is -2.49. The van der Waals surface area contributed by atoms with E-state index >= 15 is 0 Å². The highest BCUT2D eigenvalue weighted by Crippen LogP contribution is 2.11. The second-order valence-electron chi connectivity index (χ2n) is 18.6. The van der Waals surface area contributed by atoms with E-state index in [1.807, 2.05) is 23.6 Å². The van der Waals surface area contributed by atoms with Crippen LogP contribution in [0.15, 0.2) is 0 Å². The molecule has 0 N–H and O–H groups in total. The SMILES string of the molecule is CC(C)CC(=O)CC(=O)N1CCN(CC(C)C)CC1.CC(C)CN1CCN(COC(C)C)CC1.CC(C)COCCC(=O)CC(=O)N1CCN(CC(C)C)CC1. The molecule has 0 radical (unpaired) electrons. The van der Waals surface area contributed by atoms with Gasteiger partial charge in [0.1, 0.15) is 11.6 Å². The zero-order valence-electron chi connectivity index (χ0n) is 38.2. The molecule has 0 saturated carbocycles. The van der Waals surface area contributed by atoms with Gasteiger partial charge in [-0.3, -0.25) is 33.9 Å². The predicted octanol–water partition coefficient (Wildman–Crippen LogP) is 5.24. The summed E-state index contributed by atoms with van der Waals surface area (Å²) in [6.07, 6.45) is 1.31. The van der Waals surface area contributed by atoms with Gasteiger partial charge in [0.2, 0.25) is 11.8 Å². The molecule has 0 bridgehead atoms. The van der Waals surface area contributed by atoms with Gasteiger partial charge in [-0.1, -0.05) is 69.2 Å². The minimum absolute atomic E-state index is 0.00912. The zero-order valence-corrected chi connectivity index (χ0v) is 38.2. The maximum absolute atomic E-state index is 12.1. The number of ether oxygens (including phenoxy) is 2. The summed E-state index contributed by atoms with van der Waals surface area (Å²) in [7, 11) is 0. The van der Waals surface area contributed by atoms with Gasteiger partial charge in [0.15, 0.2) is 0 Å². The first kappa shape index (κ1) is 52.1.